The van der Waals surface area contributed by atoms with E-state index in [0.717, 1.165) is 21.2 Å². The van der Waals surface area contributed by atoms with E-state index in [9.17, 15) is 9.59 Å². The van der Waals surface area contributed by atoms with Gasteiger partial charge in [0.05, 0.1) is 6.54 Å². The number of anilines is 1. The molecule has 2 aromatic rings. The van der Waals surface area contributed by atoms with Crippen LogP contribution in [0.5, 0.6) is 0 Å². The highest BCUT2D eigenvalue weighted by molar-refractivity contribution is 14.1. The fourth-order valence-electron chi connectivity index (χ4n) is 2.01. The molecule has 4 nitrogen and oxygen atoms in total. The lowest BCUT2D eigenvalue weighted by Gasteiger charge is -2.10. The summed E-state index contributed by atoms with van der Waals surface area (Å²) in [5, 5.41) is 5.45. The molecule has 22 heavy (non-hydrogen) atoms. The lowest BCUT2D eigenvalue weighted by Crippen LogP contribution is -2.33. The van der Waals surface area contributed by atoms with Crippen molar-refractivity contribution in [2.75, 3.05) is 11.9 Å². The quantitative estimate of drug-likeness (QED) is 0.747. The third-order valence-electron chi connectivity index (χ3n) is 3.19. The molecule has 114 valence electrons. The van der Waals surface area contributed by atoms with Gasteiger partial charge in [-0.05, 0) is 64.9 Å². The molecule has 0 fully saturated rings. The van der Waals surface area contributed by atoms with Crippen molar-refractivity contribution in [1.29, 1.82) is 0 Å². The van der Waals surface area contributed by atoms with Gasteiger partial charge in [0.15, 0.2) is 0 Å². The van der Waals surface area contributed by atoms with Gasteiger partial charge in [-0.15, -0.1) is 0 Å². The van der Waals surface area contributed by atoms with Crippen molar-refractivity contribution in [2.24, 2.45) is 0 Å². The minimum absolute atomic E-state index is 0.0527. The number of halogens is 1. The van der Waals surface area contributed by atoms with Crippen LogP contribution in [0.2, 0.25) is 0 Å². The van der Waals surface area contributed by atoms with Gasteiger partial charge in [0.1, 0.15) is 0 Å². The van der Waals surface area contributed by atoms with Crippen LogP contribution in [0.4, 0.5) is 5.69 Å². The van der Waals surface area contributed by atoms with Crippen molar-refractivity contribution in [1.82, 2.24) is 5.32 Å². The van der Waals surface area contributed by atoms with E-state index in [2.05, 4.69) is 33.2 Å². The second kappa shape index (κ2) is 7.93. The smallest absolute Gasteiger partial charge is 0.251 e. The number of nitrogens with one attached hydrogen (secondary N) is 2. The second-order valence-electron chi connectivity index (χ2n) is 4.75. The molecule has 0 unspecified atom stereocenters. The summed E-state index contributed by atoms with van der Waals surface area (Å²) >= 11 is 2.18. The molecule has 0 spiro atoms. The number of benzene rings is 2. The van der Waals surface area contributed by atoms with Gasteiger partial charge in [-0.1, -0.05) is 25.1 Å². The monoisotopic (exact) mass is 408 g/mol. The minimum Gasteiger partial charge on any atom is -0.343 e. The van der Waals surface area contributed by atoms with Crippen LogP contribution in [0.1, 0.15) is 22.8 Å². The average molecular weight is 408 g/mol. The molecule has 5 heteroatoms. The topological polar surface area (TPSA) is 58.2 Å². The SMILES string of the molecule is CCc1ccccc1NC(=O)CNC(=O)c1ccc(I)cc1. The maximum Gasteiger partial charge on any atom is 0.251 e. The Morgan fingerprint density at radius 2 is 1.73 bits per heavy atom. The number of rotatable bonds is 5. The summed E-state index contributed by atoms with van der Waals surface area (Å²) in [6.45, 7) is 1.98. The van der Waals surface area contributed by atoms with E-state index in [1.165, 1.54) is 0 Å². The van der Waals surface area contributed by atoms with E-state index in [-0.39, 0.29) is 18.4 Å². The highest BCUT2D eigenvalue weighted by atomic mass is 127. The number of carbonyl (C=O) groups is 2. The summed E-state index contributed by atoms with van der Waals surface area (Å²) in [5.41, 5.74) is 2.40. The second-order valence-corrected chi connectivity index (χ2v) is 5.99. The Kier molecular flexibility index (Phi) is 5.94. The number of para-hydroxylation sites is 1. The summed E-state index contributed by atoms with van der Waals surface area (Å²) in [5.74, 6) is -0.491. The number of carbonyl (C=O) groups excluding carboxylic acids is 2. The van der Waals surface area contributed by atoms with Gasteiger partial charge < -0.3 is 10.6 Å². The fraction of sp³-hybridized carbons (Fsp3) is 0.176. The van der Waals surface area contributed by atoms with Crippen molar-refractivity contribution < 1.29 is 9.59 Å². The number of hydrogen-bond donors (Lipinski definition) is 2. The van der Waals surface area contributed by atoms with E-state index in [1.54, 1.807) is 12.1 Å². The predicted molar refractivity (Wildman–Crippen MR) is 95.9 cm³/mol. The zero-order chi connectivity index (χ0) is 15.9. The van der Waals surface area contributed by atoms with Crippen molar-refractivity contribution >= 4 is 40.1 Å². The van der Waals surface area contributed by atoms with Gasteiger partial charge in [-0.3, -0.25) is 9.59 Å². The molecule has 0 aliphatic heterocycles. The molecule has 0 bridgehead atoms. The molecule has 0 atom stereocenters. The zero-order valence-corrected chi connectivity index (χ0v) is 14.4. The zero-order valence-electron chi connectivity index (χ0n) is 12.2. The van der Waals surface area contributed by atoms with Crippen LogP contribution in [0.3, 0.4) is 0 Å². The normalized spacial score (nSPS) is 10.1. The highest BCUT2D eigenvalue weighted by Crippen LogP contribution is 2.15. The van der Waals surface area contributed by atoms with Crippen LogP contribution < -0.4 is 10.6 Å². The van der Waals surface area contributed by atoms with Crippen LogP contribution in [0.15, 0.2) is 48.5 Å². The van der Waals surface area contributed by atoms with Gasteiger partial charge in [0.2, 0.25) is 5.91 Å². The summed E-state index contributed by atoms with van der Waals surface area (Å²) in [7, 11) is 0. The minimum atomic E-state index is -0.254. The predicted octanol–water partition coefficient (Wildman–Crippen LogP) is 3.22. The maximum atomic E-state index is 11.9. The Hall–Kier alpha value is -1.89. The van der Waals surface area contributed by atoms with Crippen LogP contribution in [-0.2, 0) is 11.2 Å². The molecular weight excluding hydrogens is 391 g/mol. The molecular formula is C17H17IN2O2. The van der Waals surface area contributed by atoms with Gasteiger partial charge in [0.25, 0.3) is 5.91 Å². The van der Waals surface area contributed by atoms with Crippen LogP contribution >= 0.6 is 22.6 Å². The van der Waals surface area contributed by atoms with Gasteiger partial charge >= 0.3 is 0 Å². The van der Waals surface area contributed by atoms with E-state index in [1.807, 2.05) is 43.3 Å². The average Bonchev–Trinajstić information content (AvgIpc) is 2.54. The van der Waals surface area contributed by atoms with Crippen molar-refractivity contribution in [3.05, 3.63) is 63.2 Å². The lowest BCUT2D eigenvalue weighted by molar-refractivity contribution is -0.115. The largest absolute Gasteiger partial charge is 0.343 e. The molecule has 2 rings (SSSR count). The molecule has 0 radical (unpaired) electrons. The molecule has 0 aliphatic rings. The standard InChI is InChI=1S/C17H17IN2O2/c1-2-12-5-3-4-6-15(12)20-16(21)11-19-17(22)13-7-9-14(18)10-8-13/h3-10H,2,11H2,1H3,(H,19,22)(H,20,21). The van der Waals surface area contributed by atoms with Crippen LogP contribution in [0.25, 0.3) is 0 Å². The van der Waals surface area contributed by atoms with Crippen LogP contribution in [0, 0.1) is 3.57 Å². The van der Waals surface area contributed by atoms with Gasteiger partial charge in [-0.2, -0.15) is 0 Å². The van der Waals surface area contributed by atoms with E-state index >= 15 is 0 Å². The Labute approximate surface area is 143 Å². The number of amides is 2. The van der Waals surface area contributed by atoms with Gasteiger partial charge in [0, 0.05) is 14.8 Å². The number of hydrogen-bond acceptors (Lipinski definition) is 2. The lowest BCUT2D eigenvalue weighted by atomic mass is 10.1. The third kappa shape index (κ3) is 4.56. The van der Waals surface area contributed by atoms with E-state index < -0.39 is 0 Å². The molecule has 0 saturated carbocycles. The molecule has 2 N–H and O–H groups in total. The molecule has 2 aromatic carbocycles. The Morgan fingerprint density at radius 1 is 1.05 bits per heavy atom. The maximum absolute atomic E-state index is 11.9. The molecule has 0 aliphatic carbocycles. The Balaban J connectivity index is 1.90. The first kappa shape index (κ1) is 16.5. The summed E-state index contributed by atoms with van der Waals surface area (Å²) in [6, 6.07) is 14.8. The van der Waals surface area contributed by atoms with Crippen molar-refractivity contribution in [3.63, 3.8) is 0 Å². The highest BCUT2D eigenvalue weighted by Gasteiger charge is 2.09. The van der Waals surface area contributed by atoms with Crippen LogP contribution in [-0.4, -0.2) is 18.4 Å². The summed E-state index contributed by atoms with van der Waals surface area (Å²) < 4.78 is 1.06. The van der Waals surface area contributed by atoms with Crippen molar-refractivity contribution in [2.45, 2.75) is 13.3 Å². The molecule has 2 amide bonds. The molecule has 0 saturated heterocycles. The first-order valence-corrected chi connectivity index (χ1v) is 8.09. The fourth-order valence-corrected chi connectivity index (χ4v) is 2.37. The molecule has 0 aromatic heterocycles. The van der Waals surface area contributed by atoms with Gasteiger partial charge in [-0.25, -0.2) is 0 Å². The first-order chi connectivity index (χ1) is 10.6. The third-order valence-corrected chi connectivity index (χ3v) is 3.91. The van der Waals surface area contributed by atoms with Crippen molar-refractivity contribution in [3.8, 4) is 0 Å². The Bertz CT molecular complexity index is 669. The van der Waals surface area contributed by atoms with E-state index in [4.69, 9.17) is 0 Å². The molecule has 0 heterocycles. The first-order valence-electron chi connectivity index (χ1n) is 7.01. The summed E-state index contributed by atoms with van der Waals surface area (Å²) in [4.78, 5) is 23.9. The number of aryl methyl sites for hydroxylation is 1. The summed E-state index contributed by atoms with van der Waals surface area (Å²) in [6.07, 6.45) is 0.839. The van der Waals surface area contributed by atoms with E-state index in [0.29, 0.717) is 5.56 Å². The Morgan fingerprint density at radius 3 is 2.41 bits per heavy atom.